The Morgan fingerprint density at radius 1 is 1.31 bits per heavy atom. The predicted octanol–water partition coefficient (Wildman–Crippen LogP) is 1.43. The fraction of sp³-hybridized carbons (Fsp3) is 0.750. The van der Waals surface area contributed by atoms with Crippen molar-refractivity contribution in [1.82, 2.24) is 19.6 Å². The van der Waals surface area contributed by atoms with Crippen LogP contribution in [0, 0.1) is 0 Å². The molecule has 0 unspecified atom stereocenters. The topological polar surface area (TPSA) is 97.1 Å². The van der Waals surface area contributed by atoms with Gasteiger partial charge in [-0.2, -0.15) is 18.3 Å². The molecule has 0 aromatic carbocycles. The number of ether oxygens (including phenoxy) is 2. The van der Waals surface area contributed by atoms with Crippen LogP contribution >= 0.6 is 0 Å². The third kappa shape index (κ3) is 6.66. The first kappa shape index (κ1) is 24.5. The fourth-order valence-electron chi connectivity index (χ4n) is 4.32. The van der Waals surface area contributed by atoms with E-state index in [9.17, 15) is 18.0 Å². The number of aryl methyl sites for hydroxylation is 1. The van der Waals surface area contributed by atoms with Crippen molar-refractivity contribution in [3.8, 4) is 0 Å². The number of aromatic nitrogens is 2. The maximum atomic E-state index is 12.1. The first-order valence-corrected chi connectivity index (χ1v) is 10.6. The molecule has 0 bridgehead atoms. The molecule has 1 aromatic rings. The van der Waals surface area contributed by atoms with Crippen molar-refractivity contribution in [3.05, 3.63) is 18.0 Å². The number of hydrogen-bond acceptors (Lipinski definition) is 6. The first-order valence-electron chi connectivity index (χ1n) is 10.6. The third-order valence-corrected chi connectivity index (χ3v) is 5.88. The molecule has 180 valence electrons. The van der Waals surface area contributed by atoms with E-state index in [1.54, 1.807) is 0 Å². The first-order chi connectivity index (χ1) is 15.1. The number of hydrogen-bond donors (Lipinski definition) is 1. The number of amides is 1. The molecule has 1 spiro atoms. The highest BCUT2D eigenvalue weighted by atomic mass is 19.4. The van der Waals surface area contributed by atoms with Crippen LogP contribution in [0.25, 0.3) is 0 Å². The Balaban J connectivity index is 0.000000360. The Morgan fingerprint density at radius 3 is 2.59 bits per heavy atom. The van der Waals surface area contributed by atoms with Gasteiger partial charge in [0.05, 0.1) is 24.5 Å². The minimum Gasteiger partial charge on any atom is -0.475 e. The summed E-state index contributed by atoms with van der Waals surface area (Å²) in [5.74, 6) is -2.63. The maximum Gasteiger partial charge on any atom is 0.490 e. The highest BCUT2D eigenvalue weighted by Crippen LogP contribution is 2.36. The number of nitrogens with zero attached hydrogens (tertiary/aromatic N) is 4. The minimum atomic E-state index is -5.08. The van der Waals surface area contributed by atoms with Crippen LogP contribution in [0.15, 0.2) is 12.4 Å². The van der Waals surface area contributed by atoms with Crippen molar-refractivity contribution in [2.75, 3.05) is 39.4 Å². The van der Waals surface area contributed by atoms with Gasteiger partial charge in [0.2, 0.25) is 5.91 Å². The maximum absolute atomic E-state index is 12.1. The average molecular weight is 462 g/mol. The van der Waals surface area contributed by atoms with Gasteiger partial charge in [-0.1, -0.05) is 0 Å². The van der Waals surface area contributed by atoms with E-state index in [4.69, 9.17) is 19.4 Å². The van der Waals surface area contributed by atoms with Crippen LogP contribution in [0.1, 0.15) is 31.2 Å². The molecule has 0 saturated carbocycles. The Hall–Kier alpha value is -2.18. The molecule has 3 aliphatic rings. The van der Waals surface area contributed by atoms with Gasteiger partial charge in [-0.25, -0.2) is 4.79 Å². The lowest BCUT2D eigenvalue weighted by Crippen LogP contribution is -2.34. The average Bonchev–Trinajstić information content (AvgIpc) is 3.51. The lowest BCUT2D eigenvalue weighted by atomic mass is 9.98. The van der Waals surface area contributed by atoms with Crippen LogP contribution in [0.5, 0.6) is 0 Å². The summed E-state index contributed by atoms with van der Waals surface area (Å²) in [7, 11) is 1.94. The Kier molecular flexibility index (Phi) is 7.78. The summed E-state index contributed by atoms with van der Waals surface area (Å²) in [6.45, 7) is 5.46. The van der Waals surface area contributed by atoms with Gasteiger partial charge in [0.15, 0.2) is 0 Å². The zero-order valence-corrected chi connectivity index (χ0v) is 18.0. The number of alkyl halides is 3. The van der Waals surface area contributed by atoms with E-state index in [2.05, 4.69) is 16.2 Å². The van der Waals surface area contributed by atoms with Crippen molar-refractivity contribution < 1.29 is 37.3 Å². The van der Waals surface area contributed by atoms with Crippen LogP contribution in [-0.4, -0.2) is 93.8 Å². The van der Waals surface area contributed by atoms with Gasteiger partial charge in [-0.3, -0.25) is 14.4 Å². The van der Waals surface area contributed by atoms with E-state index in [0.29, 0.717) is 6.61 Å². The van der Waals surface area contributed by atoms with Crippen LogP contribution in [0.4, 0.5) is 13.2 Å². The van der Waals surface area contributed by atoms with Crippen molar-refractivity contribution in [2.24, 2.45) is 7.05 Å². The van der Waals surface area contributed by atoms with Gasteiger partial charge in [-0.05, 0) is 19.3 Å². The van der Waals surface area contributed by atoms with Crippen LogP contribution in [0.3, 0.4) is 0 Å². The van der Waals surface area contributed by atoms with E-state index in [1.807, 2.05) is 22.8 Å². The second-order valence-corrected chi connectivity index (χ2v) is 8.50. The van der Waals surface area contributed by atoms with Gasteiger partial charge in [0, 0.05) is 58.0 Å². The normalized spacial score (nSPS) is 25.9. The largest absolute Gasteiger partial charge is 0.490 e. The molecule has 4 rings (SSSR count). The number of halogens is 3. The van der Waals surface area contributed by atoms with E-state index >= 15 is 0 Å². The molecule has 2 atom stereocenters. The molecule has 32 heavy (non-hydrogen) atoms. The van der Waals surface area contributed by atoms with Gasteiger partial charge >= 0.3 is 12.1 Å². The summed E-state index contributed by atoms with van der Waals surface area (Å²) >= 11 is 0. The third-order valence-electron chi connectivity index (χ3n) is 5.88. The Morgan fingerprint density at radius 2 is 2.00 bits per heavy atom. The van der Waals surface area contributed by atoms with E-state index in [0.717, 1.165) is 58.4 Å². The standard InChI is InChI=1S/C18H28N4O3.C2HF3O2/c1-20-10-15(9-19-20)11-21-7-4-18(14-21)8-16(12-25-18)24-13-17(23)22-5-2-3-6-22;3-2(4,5)1(6)7/h9-10,16H,2-8,11-14H2,1H3;(H,6,7)/t16-,18+;/m1./s1. The Labute approximate surface area is 184 Å². The number of aliphatic carboxylic acids is 1. The summed E-state index contributed by atoms with van der Waals surface area (Å²) in [4.78, 5) is 25.4. The molecule has 3 aliphatic heterocycles. The molecule has 9 nitrogen and oxygen atoms in total. The zero-order chi connectivity index (χ0) is 23.4. The zero-order valence-electron chi connectivity index (χ0n) is 18.0. The quantitative estimate of drug-likeness (QED) is 0.707. The predicted molar refractivity (Wildman–Crippen MR) is 106 cm³/mol. The smallest absolute Gasteiger partial charge is 0.475 e. The number of carboxylic acids is 1. The summed E-state index contributed by atoms with van der Waals surface area (Å²) in [5.41, 5.74) is 1.14. The SMILES string of the molecule is Cn1cc(CN2CC[C@]3(C[C@@H](OCC(=O)N4CCCC4)CO3)C2)cn1.O=C(O)C(F)(F)F. The molecule has 0 aliphatic carbocycles. The summed E-state index contributed by atoms with van der Waals surface area (Å²) < 4.78 is 45.6. The lowest BCUT2D eigenvalue weighted by Gasteiger charge is -2.23. The van der Waals surface area contributed by atoms with Gasteiger partial charge in [0.1, 0.15) is 6.61 Å². The van der Waals surface area contributed by atoms with Crippen molar-refractivity contribution in [3.63, 3.8) is 0 Å². The van der Waals surface area contributed by atoms with Crippen LogP contribution < -0.4 is 0 Å². The molecule has 3 fully saturated rings. The van der Waals surface area contributed by atoms with E-state index in [-0.39, 0.29) is 24.2 Å². The van der Waals surface area contributed by atoms with Crippen LogP contribution in [0.2, 0.25) is 0 Å². The highest BCUT2D eigenvalue weighted by molar-refractivity contribution is 5.77. The van der Waals surface area contributed by atoms with E-state index < -0.39 is 12.1 Å². The second-order valence-electron chi connectivity index (χ2n) is 8.50. The highest BCUT2D eigenvalue weighted by Gasteiger charge is 2.46. The Bertz CT molecular complexity index is 796. The number of carboxylic acid groups (broad SMARTS) is 1. The molecule has 4 heterocycles. The summed E-state index contributed by atoms with van der Waals surface area (Å²) in [6, 6.07) is 0. The number of rotatable bonds is 5. The molecular formula is C20H29F3N4O5. The number of carbonyl (C=O) groups excluding carboxylic acids is 1. The monoisotopic (exact) mass is 462 g/mol. The summed E-state index contributed by atoms with van der Waals surface area (Å²) in [6.07, 6.45) is 3.12. The lowest BCUT2D eigenvalue weighted by molar-refractivity contribution is -0.192. The molecule has 1 amide bonds. The fourth-order valence-corrected chi connectivity index (χ4v) is 4.32. The second kappa shape index (κ2) is 10.2. The molecular weight excluding hydrogens is 433 g/mol. The molecule has 0 radical (unpaired) electrons. The van der Waals surface area contributed by atoms with Crippen molar-refractivity contribution >= 4 is 11.9 Å². The molecule has 12 heteroatoms. The van der Waals surface area contributed by atoms with Crippen LogP contribution in [-0.2, 0) is 32.7 Å². The van der Waals surface area contributed by atoms with Gasteiger partial charge in [-0.15, -0.1) is 0 Å². The minimum absolute atomic E-state index is 0.0462. The summed E-state index contributed by atoms with van der Waals surface area (Å²) in [5, 5.41) is 11.4. The van der Waals surface area contributed by atoms with Crippen molar-refractivity contribution in [1.29, 1.82) is 0 Å². The number of carbonyl (C=O) groups is 2. The number of likely N-dealkylation sites (tertiary alicyclic amines) is 2. The van der Waals surface area contributed by atoms with Crippen molar-refractivity contribution in [2.45, 2.75) is 50.1 Å². The molecule has 1 aromatic heterocycles. The van der Waals surface area contributed by atoms with E-state index in [1.165, 1.54) is 5.56 Å². The molecule has 3 saturated heterocycles. The van der Waals surface area contributed by atoms with Gasteiger partial charge in [0.25, 0.3) is 0 Å². The van der Waals surface area contributed by atoms with Gasteiger partial charge < -0.3 is 19.5 Å². The molecule has 1 N–H and O–H groups in total.